The summed E-state index contributed by atoms with van der Waals surface area (Å²) in [4.78, 5) is 14.0. The lowest BCUT2D eigenvalue weighted by Gasteiger charge is -2.39. The second-order valence-electron chi connectivity index (χ2n) is 7.41. The van der Waals surface area contributed by atoms with Gasteiger partial charge < -0.3 is 15.0 Å². The molecule has 116 valence electrons. The molecule has 2 atom stereocenters. The zero-order valence-corrected chi connectivity index (χ0v) is 13.4. The first-order chi connectivity index (χ1) is 9.35. The Morgan fingerprint density at radius 2 is 1.95 bits per heavy atom. The molecular formula is C16H30N2O2. The maximum atomic E-state index is 12.1. The summed E-state index contributed by atoms with van der Waals surface area (Å²) in [5.74, 6) is 0.840. The predicted molar refractivity (Wildman–Crippen MR) is 80.8 cm³/mol. The Morgan fingerprint density at radius 3 is 2.50 bits per heavy atom. The van der Waals surface area contributed by atoms with Gasteiger partial charge in [-0.2, -0.15) is 0 Å². The van der Waals surface area contributed by atoms with Crippen LogP contribution in [0.4, 0.5) is 4.79 Å². The number of hydrogen-bond acceptors (Lipinski definition) is 3. The fourth-order valence-corrected chi connectivity index (χ4v) is 3.05. The van der Waals surface area contributed by atoms with Gasteiger partial charge in [0.2, 0.25) is 0 Å². The highest BCUT2D eigenvalue weighted by molar-refractivity contribution is 5.68. The Bertz CT molecular complexity index is 334. The van der Waals surface area contributed by atoms with Crippen molar-refractivity contribution in [3.63, 3.8) is 0 Å². The normalized spacial score (nSPS) is 26.0. The van der Waals surface area contributed by atoms with E-state index in [0.29, 0.717) is 12.1 Å². The number of carbonyl (C=O) groups excluding carboxylic acids is 1. The van der Waals surface area contributed by atoms with E-state index in [0.717, 1.165) is 31.8 Å². The molecule has 0 bridgehead atoms. The number of carbonyl (C=O) groups is 1. The van der Waals surface area contributed by atoms with Crippen LogP contribution in [0.25, 0.3) is 0 Å². The summed E-state index contributed by atoms with van der Waals surface area (Å²) in [5, 5.41) is 3.72. The van der Waals surface area contributed by atoms with Crippen LogP contribution in [0.1, 0.15) is 59.8 Å². The lowest BCUT2D eigenvalue weighted by atomic mass is 9.80. The zero-order valence-electron chi connectivity index (χ0n) is 13.4. The van der Waals surface area contributed by atoms with Crippen molar-refractivity contribution in [2.24, 2.45) is 5.92 Å². The molecule has 1 aliphatic carbocycles. The van der Waals surface area contributed by atoms with Gasteiger partial charge in [-0.05, 0) is 59.3 Å². The standard InChI is InChI=1S/C16H30N2O2/c1-12(13-7-5-8-13)17-14-9-6-10-18(11-14)15(19)20-16(2,3)4/h12-14,17H,5-11H2,1-4H3. The highest BCUT2D eigenvalue weighted by atomic mass is 16.6. The summed E-state index contributed by atoms with van der Waals surface area (Å²) in [6.07, 6.45) is 6.16. The summed E-state index contributed by atoms with van der Waals surface area (Å²) in [5.41, 5.74) is -0.406. The Morgan fingerprint density at radius 1 is 1.25 bits per heavy atom. The number of hydrogen-bond donors (Lipinski definition) is 1. The van der Waals surface area contributed by atoms with E-state index < -0.39 is 5.60 Å². The summed E-state index contributed by atoms with van der Waals surface area (Å²) in [6.45, 7) is 9.66. The fourth-order valence-electron chi connectivity index (χ4n) is 3.05. The van der Waals surface area contributed by atoms with Crippen molar-refractivity contribution in [2.45, 2.75) is 77.5 Å². The third kappa shape index (κ3) is 4.37. The highest BCUT2D eigenvalue weighted by Crippen LogP contribution is 2.30. The minimum Gasteiger partial charge on any atom is -0.444 e. The van der Waals surface area contributed by atoms with Gasteiger partial charge in [-0.25, -0.2) is 4.79 Å². The topological polar surface area (TPSA) is 41.6 Å². The maximum Gasteiger partial charge on any atom is 0.410 e. The minimum atomic E-state index is -0.406. The molecule has 2 unspecified atom stereocenters. The third-order valence-electron chi connectivity index (χ3n) is 4.43. The van der Waals surface area contributed by atoms with E-state index in [2.05, 4.69) is 12.2 Å². The Labute approximate surface area is 123 Å². The van der Waals surface area contributed by atoms with Gasteiger partial charge in [-0.15, -0.1) is 0 Å². The first-order valence-electron chi connectivity index (χ1n) is 8.09. The average Bonchev–Trinajstić information content (AvgIpc) is 2.24. The van der Waals surface area contributed by atoms with Crippen LogP contribution >= 0.6 is 0 Å². The molecular weight excluding hydrogens is 252 g/mol. The largest absolute Gasteiger partial charge is 0.444 e. The molecule has 1 N–H and O–H groups in total. The van der Waals surface area contributed by atoms with E-state index in [-0.39, 0.29) is 6.09 Å². The molecule has 1 heterocycles. The highest BCUT2D eigenvalue weighted by Gasteiger charge is 2.30. The monoisotopic (exact) mass is 282 g/mol. The van der Waals surface area contributed by atoms with Crippen LogP contribution in [0.15, 0.2) is 0 Å². The van der Waals surface area contributed by atoms with Crippen LogP contribution in [-0.4, -0.2) is 41.8 Å². The van der Waals surface area contributed by atoms with Gasteiger partial charge in [0.25, 0.3) is 0 Å². The van der Waals surface area contributed by atoms with Gasteiger partial charge in [-0.3, -0.25) is 0 Å². The molecule has 4 nitrogen and oxygen atoms in total. The molecule has 2 aliphatic rings. The zero-order chi connectivity index (χ0) is 14.8. The van der Waals surface area contributed by atoms with E-state index >= 15 is 0 Å². The molecule has 20 heavy (non-hydrogen) atoms. The lowest BCUT2D eigenvalue weighted by Crippen LogP contribution is -2.53. The molecule has 2 fully saturated rings. The van der Waals surface area contributed by atoms with Gasteiger partial charge in [0, 0.05) is 25.2 Å². The number of likely N-dealkylation sites (tertiary alicyclic amines) is 1. The van der Waals surface area contributed by atoms with E-state index in [4.69, 9.17) is 4.74 Å². The van der Waals surface area contributed by atoms with E-state index in [1.807, 2.05) is 25.7 Å². The fraction of sp³-hybridized carbons (Fsp3) is 0.938. The number of piperidine rings is 1. The predicted octanol–water partition coefficient (Wildman–Crippen LogP) is 3.16. The first kappa shape index (κ1) is 15.6. The molecule has 0 aromatic heterocycles. The summed E-state index contributed by atoms with van der Waals surface area (Å²) < 4.78 is 5.47. The quantitative estimate of drug-likeness (QED) is 0.864. The number of nitrogens with one attached hydrogen (secondary N) is 1. The van der Waals surface area contributed by atoms with E-state index in [1.165, 1.54) is 19.3 Å². The lowest BCUT2D eigenvalue weighted by molar-refractivity contribution is 0.0178. The van der Waals surface area contributed by atoms with Gasteiger partial charge in [0.05, 0.1) is 0 Å². The van der Waals surface area contributed by atoms with Crippen molar-refractivity contribution in [3.8, 4) is 0 Å². The SMILES string of the molecule is CC(NC1CCCN(C(=O)OC(C)(C)C)C1)C1CCC1. The Kier molecular flexibility index (Phi) is 4.95. The molecule has 1 aliphatic heterocycles. The smallest absolute Gasteiger partial charge is 0.410 e. The van der Waals surface area contributed by atoms with Gasteiger partial charge in [0.15, 0.2) is 0 Å². The molecule has 1 saturated heterocycles. The molecule has 2 rings (SSSR count). The van der Waals surface area contributed by atoms with Gasteiger partial charge in [0.1, 0.15) is 5.60 Å². The van der Waals surface area contributed by atoms with Gasteiger partial charge in [-0.1, -0.05) is 6.42 Å². The van der Waals surface area contributed by atoms with Crippen molar-refractivity contribution < 1.29 is 9.53 Å². The molecule has 0 spiro atoms. The third-order valence-corrected chi connectivity index (χ3v) is 4.43. The van der Waals surface area contributed by atoms with E-state index in [1.54, 1.807) is 0 Å². The molecule has 0 radical (unpaired) electrons. The minimum absolute atomic E-state index is 0.166. The van der Waals surface area contributed by atoms with Crippen LogP contribution in [0.3, 0.4) is 0 Å². The Balaban J connectivity index is 1.80. The summed E-state index contributed by atoms with van der Waals surface area (Å²) in [7, 11) is 0. The van der Waals surface area contributed by atoms with Crippen molar-refractivity contribution in [3.05, 3.63) is 0 Å². The van der Waals surface area contributed by atoms with Crippen LogP contribution in [0.5, 0.6) is 0 Å². The second-order valence-corrected chi connectivity index (χ2v) is 7.41. The summed E-state index contributed by atoms with van der Waals surface area (Å²) >= 11 is 0. The van der Waals surface area contributed by atoms with Crippen LogP contribution in [0, 0.1) is 5.92 Å². The van der Waals surface area contributed by atoms with Crippen LogP contribution in [-0.2, 0) is 4.74 Å². The molecule has 0 aromatic carbocycles. The van der Waals surface area contributed by atoms with E-state index in [9.17, 15) is 4.79 Å². The average molecular weight is 282 g/mol. The van der Waals surface area contributed by atoms with Crippen LogP contribution in [0.2, 0.25) is 0 Å². The Hall–Kier alpha value is -0.770. The first-order valence-corrected chi connectivity index (χ1v) is 8.09. The molecule has 1 saturated carbocycles. The molecule has 1 amide bonds. The molecule has 0 aromatic rings. The van der Waals surface area contributed by atoms with Crippen molar-refractivity contribution in [1.82, 2.24) is 10.2 Å². The second kappa shape index (κ2) is 6.33. The molecule has 4 heteroatoms. The van der Waals surface area contributed by atoms with Crippen LogP contribution < -0.4 is 5.32 Å². The maximum absolute atomic E-state index is 12.1. The number of nitrogens with zero attached hydrogens (tertiary/aromatic N) is 1. The van der Waals surface area contributed by atoms with Crippen molar-refractivity contribution >= 4 is 6.09 Å². The van der Waals surface area contributed by atoms with Gasteiger partial charge >= 0.3 is 6.09 Å². The number of amides is 1. The van der Waals surface area contributed by atoms with Crippen molar-refractivity contribution in [1.29, 1.82) is 0 Å². The summed E-state index contributed by atoms with van der Waals surface area (Å²) in [6, 6.07) is 0.999. The number of rotatable bonds is 3. The van der Waals surface area contributed by atoms with Crippen molar-refractivity contribution in [2.75, 3.05) is 13.1 Å². The number of ether oxygens (including phenoxy) is 1.